The molecule has 19 heavy (non-hydrogen) atoms. The smallest absolute Gasteiger partial charge is 0.339 e. The summed E-state index contributed by atoms with van der Waals surface area (Å²) in [6.45, 7) is 4.15. The van der Waals surface area contributed by atoms with Gasteiger partial charge in [0.05, 0.1) is 17.7 Å². The highest BCUT2D eigenvalue weighted by Gasteiger charge is 2.15. The van der Waals surface area contributed by atoms with Crippen molar-refractivity contribution in [2.75, 3.05) is 6.61 Å². The molecule has 0 N–H and O–H groups in total. The van der Waals surface area contributed by atoms with Crippen LogP contribution >= 0.6 is 0 Å². The van der Waals surface area contributed by atoms with Crippen LogP contribution in [0.3, 0.4) is 0 Å². The second kappa shape index (κ2) is 4.43. The summed E-state index contributed by atoms with van der Waals surface area (Å²) in [6.07, 6.45) is 2.00. The fourth-order valence-electron chi connectivity index (χ4n) is 2.47. The van der Waals surface area contributed by atoms with E-state index in [4.69, 9.17) is 4.74 Å². The zero-order chi connectivity index (χ0) is 13.4. The van der Waals surface area contributed by atoms with Gasteiger partial charge in [-0.05, 0) is 31.4 Å². The third-order valence-electron chi connectivity index (χ3n) is 3.43. The minimum absolute atomic E-state index is 0.257. The summed E-state index contributed by atoms with van der Waals surface area (Å²) >= 11 is 0. The molecule has 1 aromatic carbocycles. The van der Waals surface area contributed by atoms with Gasteiger partial charge in [0.2, 0.25) is 0 Å². The van der Waals surface area contributed by atoms with Crippen LogP contribution in [-0.2, 0) is 4.74 Å². The number of fused-ring (bicyclic) bond motifs is 3. The van der Waals surface area contributed by atoms with E-state index >= 15 is 0 Å². The fraction of sp³-hybridized carbons (Fsp3) is 0.188. The molecule has 0 aliphatic rings. The molecular weight excluding hydrogens is 238 g/mol. The summed E-state index contributed by atoms with van der Waals surface area (Å²) in [5, 5.41) is 2.31. The van der Waals surface area contributed by atoms with Crippen molar-refractivity contribution in [3.63, 3.8) is 0 Å². The Labute approximate surface area is 111 Å². The van der Waals surface area contributed by atoms with Gasteiger partial charge < -0.3 is 9.14 Å². The maximum Gasteiger partial charge on any atom is 0.339 e. The van der Waals surface area contributed by atoms with Gasteiger partial charge in [0, 0.05) is 17.3 Å². The Kier molecular flexibility index (Phi) is 2.75. The first kappa shape index (κ1) is 11.8. The number of carbonyl (C=O) groups excluding carboxylic acids is 1. The zero-order valence-corrected chi connectivity index (χ0v) is 11.0. The first-order valence-electron chi connectivity index (χ1n) is 6.39. The summed E-state index contributed by atoms with van der Waals surface area (Å²) in [7, 11) is 0. The van der Waals surface area contributed by atoms with E-state index in [-0.39, 0.29) is 5.97 Å². The molecule has 0 spiro atoms. The fourth-order valence-corrected chi connectivity index (χ4v) is 2.47. The van der Waals surface area contributed by atoms with Crippen molar-refractivity contribution in [3.05, 3.63) is 53.9 Å². The van der Waals surface area contributed by atoms with E-state index in [9.17, 15) is 4.79 Å². The van der Waals surface area contributed by atoms with Crippen molar-refractivity contribution in [1.82, 2.24) is 4.40 Å². The quantitative estimate of drug-likeness (QED) is 0.653. The van der Waals surface area contributed by atoms with Crippen molar-refractivity contribution in [1.29, 1.82) is 0 Å². The molecule has 3 rings (SSSR count). The third kappa shape index (κ3) is 1.78. The average molecular weight is 253 g/mol. The molecule has 2 aromatic heterocycles. The lowest BCUT2D eigenvalue weighted by Crippen LogP contribution is -2.05. The van der Waals surface area contributed by atoms with Gasteiger partial charge in [-0.25, -0.2) is 4.79 Å². The number of hydrogen-bond donors (Lipinski definition) is 0. The van der Waals surface area contributed by atoms with Crippen LogP contribution in [0.2, 0.25) is 0 Å². The van der Waals surface area contributed by atoms with Crippen molar-refractivity contribution in [2.45, 2.75) is 13.8 Å². The van der Waals surface area contributed by atoms with E-state index in [0.717, 1.165) is 16.6 Å². The van der Waals surface area contributed by atoms with E-state index in [1.165, 1.54) is 5.39 Å². The second-order valence-corrected chi connectivity index (χ2v) is 4.52. The SMILES string of the molecule is CCOC(=O)c1cc2c3ccccc3ccn2c1C. The second-order valence-electron chi connectivity index (χ2n) is 4.52. The molecule has 2 heterocycles. The lowest BCUT2D eigenvalue weighted by Gasteiger charge is -2.03. The number of pyridine rings is 1. The van der Waals surface area contributed by atoms with Crippen molar-refractivity contribution in [2.24, 2.45) is 0 Å². The Morgan fingerprint density at radius 2 is 2.05 bits per heavy atom. The molecule has 0 bridgehead atoms. The summed E-state index contributed by atoms with van der Waals surface area (Å²) in [4.78, 5) is 11.9. The molecule has 0 aliphatic heterocycles. The summed E-state index contributed by atoms with van der Waals surface area (Å²) < 4.78 is 7.13. The van der Waals surface area contributed by atoms with Crippen LogP contribution in [0.1, 0.15) is 23.0 Å². The lowest BCUT2D eigenvalue weighted by molar-refractivity contribution is 0.0525. The number of esters is 1. The first-order valence-corrected chi connectivity index (χ1v) is 6.39. The van der Waals surface area contributed by atoms with Gasteiger partial charge >= 0.3 is 5.97 Å². The van der Waals surface area contributed by atoms with E-state index in [1.54, 1.807) is 0 Å². The van der Waals surface area contributed by atoms with E-state index in [0.29, 0.717) is 12.2 Å². The molecule has 0 saturated carbocycles. The number of aromatic nitrogens is 1. The monoisotopic (exact) mass is 253 g/mol. The third-order valence-corrected chi connectivity index (χ3v) is 3.43. The van der Waals surface area contributed by atoms with Crippen LogP contribution in [0.15, 0.2) is 42.6 Å². The summed E-state index contributed by atoms with van der Waals surface area (Å²) in [5.74, 6) is -0.257. The average Bonchev–Trinajstić information content (AvgIpc) is 2.77. The van der Waals surface area contributed by atoms with Gasteiger partial charge in [-0.3, -0.25) is 0 Å². The molecule has 3 aromatic rings. The number of aryl methyl sites for hydroxylation is 1. The number of nitrogens with zero attached hydrogens (tertiary/aromatic N) is 1. The van der Waals surface area contributed by atoms with Gasteiger partial charge in [0.15, 0.2) is 0 Å². The molecule has 3 nitrogen and oxygen atoms in total. The Morgan fingerprint density at radius 3 is 2.84 bits per heavy atom. The molecule has 0 aliphatic carbocycles. The number of ether oxygens (including phenoxy) is 1. The van der Waals surface area contributed by atoms with Crippen molar-refractivity contribution >= 4 is 22.3 Å². The highest BCUT2D eigenvalue weighted by atomic mass is 16.5. The maximum atomic E-state index is 11.9. The maximum absolute atomic E-state index is 11.9. The number of carbonyl (C=O) groups is 1. The molecule has 0 fully saturated rings. The number of benzene rings is 1. The van der Waals surface area contributed by atoms with Crippen molar-refractivity contribution < 1.29 is 9.53 Å². The van der Waals surface area contributed by atoms with Gasteiger partial charge in [-0.1, -0.05) is 24.3 Å². The van der Waals surface area contributed by atoms with Gasteiger partial charge in [0.25, 0.3) is 0 Å². The van der Waals surface area contributed by atoms with E-state index in [1.807, 2.05) is 42.6 Å². The Balaban J connectivity index is 2.30. The standard InChI is InChI=1S/C16H15NO2/c1-3-19-16(18)14-10-15-13-7-5-4-6-12(13)8-9-17(15)11(14)2/h4-10H,3H2,1-2H3. The van der Waals surface area contributed by atoms with Crippen molar-refractivity contribution in [3.8, 4) is 0 Å². The molecule has 0 radical (unpaired) electrons. The normalized spacial score (nSPS) is 11.1. The molecule has 0 saturated heterocycles. The predicted octanol–water partition coefficient (Wildman–Crippen LogP) is 3.58. The van der Waals surface area contributed by atoms with Crippen LogP contribution in [0.25, 0.3) is 16.3 Å². The highest BCUT2D eigenvalue weighted by Crippen LogP contribution is 2.25. The number of hydrogen-bond acceptors (Lipinski definition) is 2. The minimum Gasteiger partial charge on any atom is -0.462 e. The van der Waals surface area contributed by atoms with Gasteiger partial charge in [0.1, 0.15) is 0 Å². The first-order chi connectivity index (χ1) is 9.22. The van der Waals surface area contributed by atoms with E-state index in [2.05, 4.69) is 18.2 Å². The van der Waals surface area contributed by atoms with Gasteiger partial charge in [-0.2, -0.15) is 0 Å². The van der Waals surface area contributed by atoms with E-state index < -0.39 is 0 Å². The summed E-state index contributed by atoms with van der Waals surface area (Å²) in [6, 6.07) is 12.1. The number of rotatable bonds is 2. The van der Waals surface area contributed by atoms with Gasteiger partial charge in [-0.15, -0.1) is 0 Å². The largest absolute Gasteiger partial charge is 0.462 e. The van der Waals surface area contributed by atoms with Crippen LogP contribution in [0, 0.1) is 6.92 Å². The molecule has 0 unspecified atom stereocenters. The lowest BCUT2D eigenvalue weighted by atomic mass is 10.1. The highest BCUT2D eigenvalue weighted by molar-refractivity contribution is 6.01. The molecule has 0 amide bonds. The summed E-state index contributed by atoms with van der Waals surface area (Å²) in [5.41, 5.74) is 2.59. The zero-order valence-electron chi connectivity index (χ0n) is 11.0. The minimum atomic E-state index is -0.257. The Bertz CT molecular complexity index is 771. The van der Waals surface area contributed by atoms with Crippen LogP contribution in [-0.4, -0.2) is 17.0 Å². The topological polar surface area (TPSA) is 30.7 Å². The van der Waals surface area contributed by atoms with Crippen LogP contribution in [0.4, 0.5) is 0 Å². The molecule has 3 heteroatoms. The Hall–Kier alpha value is -2.29. The van der Waals surface area contributed by atoms with Crippen LogP contribution < -0.4 is 0 Å². The molecule has 96 valence electrons. The molecule has 0 atom stereocenters. The Morgan fingerprint density at radius 1 is 1.26 bits per heavy atom. The predicted molar refractivity (Wildman–Crippen MR) is 75.6 cm³/mol. The van der Waals surface area contributed by atoms with Crippen LogP contribution in [0.5, 0.6) is 0 Å². The molecular formula is C16H15NO2.